The Bertz CT molecular complexity index is 1300. The molecular formula is C25H21ClN4O4. The van der Waals surface area contributed by atoms with Gasteiger partial charge in [0, 0.05) is 36.1 Å². The van der Waals surface area contributed by atoms with Crippen LogP contribution in [0.5, 0.6) is 5.75 Å². The molecule has 3 heterocycles. The van der Waals surface area contributed by atoms with E-state index in [2.05, 4.69) is 10.3 Å². The number of aromatic nitrogens is 1. The predicted octanol–water partition coefficient (Wildman–Crippen LogP) is 3.33. The number of anilines is 1. The SMILES string of the molecule is COc1ccc(Cl)cc1-c1ccc2c(c1)C(=O)N1CCN(C(=O)c3cccnc3)CC1C(=O)N2. The molecule has 1 atom stereocenters. The van der Waals surface area contributed by atoms with Crippen LogP contribution in [0.1, 0.15) is 20.7 Å². The van der Waals surface area contributed by atoms with Crippen LogP contribution in [0.25, 0.3) is 11.1 Å². The highest BCUT2D eigenvalue weighted by atomic mass is 35.5. The van der Waals surface area contributed by atoms with E-state index in [1.807, 2.05) is 6.07 Å². The van der Waals surface area contributed by atoms with E-state index in [1.54, 1.807) is 60.7 Å². The molecule has 1 saturated heterocycles. The highest BCUT2D eigenvalue weighted by Crippen LogP contribution is 2.36. The van der Waals surface area contributed by atoms with Gasteiger partial charge in [0.2, 0.25) is 5.91 Å². The molecule has 0 saturated carbocycles. The Morgan fingerprint density at radius 1 is 1.12 bits per heavy atom. The minimum absolute atomic E-state index is 0.105. The van der Waals surface area contributed by atoms with E-state index in [9.17, 15) is 14.4 Å². The molecule has 3 aromatic rings. The maximum Gasteiger partial charge on any atom is 0.256 e. The summed E-state index contributed by atoms with van der Waals surface area (Å²) in [6.45, 7) is 0.668. The van der Waals surface area contributed by atoms with Crippen LogP contribution < -0.4 is 10.1 Å². The smallest absolute Gasteiger partial charge is 0.256 e. The Morgan fingerprint density at radius 3 is 2.74 bits per heavy atom. The van der Waals surface area contributed by atoms with Crippen LogP contribution in [-0.2, 0) is 4.79 Å². The number of hydrogen-bond acceptors (Lipinski definition) is 5. The second-order valence-electron chi connectivity index (χ2n) is 8.10. The van der Waals surface area contributed by atoms with Gasteiger partial charge in [-0.3, -0.25) is 19.4 Å². The fourth-order valence-corrected chi connectivity index (χ4v) is 4.55. The molecule has 172 valence electrons. The van der Waals surface area contributed by atoms with E-state index in [0.717, 1.165) is 11.1 Å². The van der Waals surface area contributed by atoms with Crippen LogP contribution in [-0.4, -0.2) is 65.3 Å². The van der Waals surface area contributed by atoms with Crippen molar-refractivity contribution < 1.29 is 19.1 Å². The second-order valence-corrected chi connectivity index (χ2v) is 8.54. The van der Waals surface area contributed by atoms with E-state index < -0.39 is 6.04 Å². The molecule has 2 aliphatic rings. The average Bonchev–Trinajstić information content (AvgIpc) is 2.97. The van der Waals surface area contributed by atoms with Crippen molar-refractivity contribution in [3.8, 4) is 16.9 Å². The van der Waals surface area contributed by atoms with E-state index in [-0.39, 0.29) is 30.8 Å². The standard InChI is InChI=1S/C25H21ClN4O4/c1-34-22-7-5-17(26)12-18(22)15-4-6-20-19(11-15)25(33)30-10-9-29(14-21(30)23(31)28-20)24(32)16-3-2-8-27-13-16/h2-8,11-13,21H,9-10,14H2,1H3,(H,28,31). The van der Waals surface area contributed by atoms with Crippen molar-refractivity contribution in [2.45, 2.75) is 6.04 Å². The van der Waals surface area contributed by atoms with Gasteiger partial charge in [-0.05, 0) is 48.0 Å². The van der Waals surface area contributed by atoms with Crippen molar-refractivity contribution in [3.05, 3.63) is 77.1 Å². The molecule has 8 nitrogen and oxygen atoms in total. The summed E-state index contributed by atoms with van der Waals surface area (Å²) < 4.78 is 5.46. The lowest BCUT2D eigenvalue weighted by atomic mass is 10.00. The number of nitrogens with zero attached hydrogens (tertiary/aromatic N) is 3. The fraction of sp³-hybridized carbons (Fsp3) is 0.200. The van der Waals surface area contributed by atoms with Gasteiger partial charge in [0.1, 0.15) is 11.8 Å². The highest BCUT2D eigenvalue weighted by molar-refractivity contribution is 6.31. The predicted molar refractivity (Wildman–Crippen MR) is 127 cm³/mol. The Kier molecular flexibility index (Phi) is 5.67. The molecule has 1 fully saturated rings. The summed E-state index contributed by atoms with van der Waals surface area (Å²) in [7, 11) is 1.57. The van der Waals surface area contributed by atoms with Gasteiger partial charge in [0.15, 0.2) is 0 Å². The molecule has 0 spiro atoms. The number of rotatable bonds is 3. The van der Waals surface area contributed by atoms with Crippen LogP contribution in [0.3, 0.4) is 0 Å². The van der Waals surface area contributed by atoms with Crippen LogP contribution >= 0.6 is 11.6 Å². The van der Waals surface area contributed by atoms with E-state index in [1.165, 1.54) is 11.1 Å². The summed E-state index contributed by atoms with van der Waals surface area (Å²) in [5, 5.41) is 3.40. The molecule has 2 aromatic carbocycles. The highest BCUT2D eigenvalue weighted by Gasteiger charge is 2.40. The van der Waals surface area contributed by atoms with E-state index in [0.29, 0.717) is 34.1 Å². The normalized spacial score (nSPS) is 17.4. The monoisotopic (exact) mass is 476 g/mol. The number of fused-ring (bicyclic) bond motifs is 2. The Hall–Kier alpha value is -3.91. The molecule has 9 heteroatoms. The number of hydrogen-bond donors (Lipinski definition) is 1. The number of pyridine rings is 1. The number of carbonyl (C=O) groups excluding carboxylic acids is 3. The maximum absolute atomic E-state index is 13.5. The first-order chi connectivity index (χ1) is 16.5. The van der Waals surface area contributed by atoms with Gasteiger partial charge in [-0.15, -0.1) is 0 Å². The summed E-state index contributed by atoms with van der Waals surface area (Å²) >= 11 is 6.19. The zero-order chi connectivity index (χ0) is 23.8. The molecule has 2 aliphatic heterocycles. The van der Waals surface area contributed by atoms with Crippen LogP contribution in [0.15, 0.2) is 60.9 Å². The molecule has 0 radical (unpaired) electrons. The minimum atomic E-state index is -0.793. The zero-order valence-corrected chi connectivity index (χ0v) is 19.1. The summed E-state index contributed by atoms with van der Waals surface area (Å²) in [5.74, 6) is -0.196. The van der Waals surface area contributed by atoms with Crippen molar-refractivity contribution in [1.29, 1.82) is 0 Å². The van der Waals surface area contributed by atoms with E-state index in [4.69, 9.17) is 16.3 Å². The number of nitrogens with one attached hydrogen (secondary N) is 1. The third kappa shape index (κ3) is 3.86. The van der Waals surface area contributed by atoms with Gasteiger partial charge in [-0.1, -0.05) is 17.7 Å². The molecule has 1 aromatic heterocycles. The van der Waals surface area contributed by atoms with Crippen molar-refractivity contribution in [2.75, 3.05) is 32.1 Å². The average molecular weight is 477 g/mol. The zero-order valence-electron chi connectivity index (χ0n) is 18.3. The lowest BCUT2D eigenvalue weighted by Crippen LogP contribution is -2.59. The molecular weight excluding hydrogens is 456 g/mol. The number of ether oxygens (including phenoxy) is 1. The van der Waals surface area contributed by atoms with Crippen molar-refractivity contribution >= 4 is 35.0 Å². The number of piperazine rings is 1. The van der Waals surface area contributed by atoms with Gasteiger partial charge in [0.25, 0.3) is 11.8 Å². The molecule has 3 amide bonds. The Morgan fingerprint density at radius 2 is 1.97 bits per heavy atom. The topological polar surface area (TPSA) is 91.8 Å². The third-order valence-corrected chi connectivity index (χ3v) is 6.36. The number of halogens is 1. The minimum Gasteiger partial charge on any atom is -0.496 e. The molecule has 1 N–H and O–H groups in total. The molecule has 0 aliphatic carbocycles. The number of carbonyl (C=O) groups is 3. The first kappa shape index (κ1) is 21.9. The fourth-order valence-electron chi connectivity index (χ4n) is 4.38. The van der Waals surface area contributed by atoms with Crippen molar-refractivity contribution in [3.63, 3.8) is 0 Å². The summed E-state index contributed by atoms with van der Waals surface area (Å²) in [5.41, 5.74) is 2.73. The van der Waals surface area contributed by atoms with Crippen molar-refractivity contribution in [2.24, 2.45) is 0 Å². The number of benzene rings is 2. The summed E-state index contributed by atoms with van der Waals surface area (Å²) in [4.78, 5) is 46.6. The van der Waals surface area contributed by atoms with Crippen LogP contribution in [0.2, 0.25) is 5.02 Å². The Labute approximate surface area is 201 Å². The van der Waals surface area contributed by atoms with Crippen LogP contribution in [0.4, 0.5) is 5.69 Å². The molecule has 1 unspecified atom stereocenters. The molecule has 5 rings (SSSR count). The summed E-state index contributed by atoms with van der Waals surface area (Å²) in [6.07, 6.45) is 3.09. The maximum atomic E-state index is 13.5. The first-order valence-electron chi connectivity index (χ1n) is 10.8. The molecule has 34 heavy (non-hydrogen) atoms. The lowest BCUT2D eigenvalue weighted by Gasteiger charge is -2.39. The lowest BCUT2D eigenvalue weighted by molar-refractivity contribution is -0.121. The number of methoxy groups -OCH3 is 1. The van der Waals surface area contributed by atoms with Gasteiger partial charge in [-0.2, -0.15) is 0 Å². The van der Waals surface area contributed by atoms with Gasteiger partial charge < -0.3 is 19.9 Å². The van der Waals surface area contributed by atoms with Gasteiger partial charge in [-0.25, -0.2) is 0 Å². The third-order valence-electron chi connectivity index (χ3n) is 6.12. The molecule has 0 bridgehead atoms. The largest absolute Gasteiger partial charge is 0.496 e. The first-order valence-corrected chi connectivity index (χ1v) is 11.1. The number of amides is 3. The van der Waals surface area contributed by atoms with Gasteiger partial charge >= 0.3 is 0 Å². The van der Waals surface area contributed by atoms with Crippen molar-refractivity contribution in [1.82, 2.24) is 14.8 Å². The van der Waals surface area contributed by atoms with Gasteiger partial charge in [0.05, 0.1) is 30.5 Å². The second kappa shape index (κ2) is 8.79. The Balaban J connectivity index is 1.46. The summed E-state index contributed by atoms with van der Waals surface area (Å²) in [6, 6.07) is 13.1. The quantitative estimate of drug-likeness (QED) is 0.626. The van der Waals surface area contributed by atoms with E-state index >= 15 is 0 Å². The van der Waals surface area contributed by atoms with Crippen LogP contribution in [0, 0.1) is 0 Å².